The van der Waals surface area contributed by atoms with E-state index >= 15 is 0 Å². The van der Waals surface area contributed by atoms with Gasteiger partial charge in [0.1, 0.15) is 5.69 Å². The number of nitro groups is 1. The zero-order valence-corrected chi connectivity index (χ0v) is 11.5. The van der Waals surface area contributed by atoms with Crippen molar-refractivity contribution in [3.05, 3.63) is 33.9 Å². The van der Waals surface area contributed by atoms with Crippen molar-refractivity contribution in [1.29, 1.82) is 0 Å². The molecule has 1 aromatic rings. The van der Waals surface area contributed by atoms with Crippen molar-refractivity contribution in [3.8, 4) is 0 Å². The summed E-state index contributed by atoms with van der Waals surface area (Å²) in [5.41, 5.74) is 5.42. The molecular weight excluding hydrogens is 258 g/mol. The van der Waals surface area contributed by atoms with E-state index < -0.39 is 4.92 Å². The molecule has 1 aliphatic rings. The summed E-state index contributed by atoms with van der Waals surface area (Å²) in [5.74, 6) is -0.280. The van der Waals surface area contributed by atoms with Crippen LogP contribution in [0.15, 0.2) is 18.2 Å². The summed E-state index contributed by atoms with van der Waals surface area (Å²) >= 11 is 0. The molecule has 20 heavy (non-hydrogen) atoms. The molecule has 108 valence electrons. The Morgan fingerprint density at radius 3 is 2.60 bits per heavy atom. The fourth-order valence-electron chi connectivity index (χ4n) is 2.65. The summed E-state index contributed by atoms with van der Waals surface area (Å²) in [6.07, 6.45) is 5.27. The largest absolute Gasteiger partial charge is 0.393 e. The van der Waals surface area contributed by atoms with Gasteiger partial charge in [-0.3, -0.25) is 14.9 Å². The molecule has 6 heteroatoms. The van der Waals surface area contributed by atoms with E-state index in [0.29, 0.717) is 0 Å². The molecule has 0 unspecified atom stereocenters. The van der Waals surface area contributed by atoms with Crippen LogP contribution in [0.1, 0.15) is 49.4 Å². The van der Waals surface area contributed by atoms with Crippen LogP contribution >= 0.6 is 0 Å². The minimum Gasteiger partial charge on any atom is -0.393 e. The summed E-state index contributed by atoms with van der Waals surface area (Å²) in [6, 6.07) is 4.15. The van der Waals surface area contributed by atoms with Crippen LogP contribution in [0.5, 0.6) is 0 Å². The van der Waals surface area contributed by atoms with Crippen LogP contribution in [0.2, 0.25) is 0 Å². The summed E-state index contributed by atoms with van der Waals surface area (Å²) in [6.45, 7) is 2.02. The molecule has 0 bridgehead atoms. The van der Waals surface area contributed by atoms with E-state index in [1.165, 1.54) is 24.6 Å². The van der Waals surface area contributed by atoms with Crippen LogP contribution in [-0.4, -0.2) is 16.4 Å². The molecule has 0 saturated heterocycles. The Hall–Kier alpha value is -2.11. The zero-order valence-electron chi connectivity index (χ0n) is 11.5. The van der Waals surface area contributed by atoms with Crippen LogP contribution in [0, 0.1) is 10.1 Å². The van der Waals surface area contributed by atoms with Gasteiger partial charge in [-0.2, -0.15) is 0 Å². The maximum Gasteiger partial charge on any atom is 0.292 e. The number of nitrogens with two attached hydrogens (primary N) is 1. The molecule has 3 N–H and O–H groups in total. The van der Waals surface area contributed by atoms with E-state index in [4.69, 9.17) is 5.73 Å². The molecule has 1 aromatic carbocycles. The van der Waals surface area contributed by atoms with Gasteiger partial charge in [-0.05, 0) is 31.9 Å². The van der Waals surface area contributed by atoms with Crippen molar-refractivity contribution in [2.24, 2.45) is 0 Å². The molecular formula is C14H19N3O3. The molecule has 1 fully saturated rings. The summed E-state index contributed by atoms with van der Waals surface area (Å²) in [4.78, 5) is 22.5. The highest BCUT2D eigenvalue weighted by Gasteiger charge is 2.29. The topological polar surface area (TPSA) is 98.3 Å². The Morgan fingerprint density at radius 1 is 1.35 bits per heavy atom. The van der Waals surface area contributed by atoms with Gasteiger partial charge in [0.2, 0.25) is 0 Å². The number of rotatable bonds is 3. The standard InChI is InChI=1S/C14H19N3O3/c1-14(7-3-2-4-8-14)16-13(18)10-5-6-11(15)12(9-10)17(19)20/h5-6,9H,2-4,7-8,15H2,1H3,(H,16,18). The first-order valence-electron chi connectivity index (χ1n) is 6.78. The quantitative estimate of drug-likeness (QED) is 0.504. The number of nitrogens with zero attached hydrogens (tertiary/aromatic N) is 1. The first kappa shape index (κ1) is 14.3. The van der Waals surface area contributed by atoms with Crippen molar-refractivity contribution < 1.29 is 9.72 Å². The minimum atomic E-state index is -0.575. The predicted molar refractivity (Wildman–Crippen MR) is 76.5 cm³/mol. The lowest BCUT2D eigenvalue weighted by atomic mass is 9.83. The van der Waals surface area contributed by atoms with Crippen LogP contribution in [0.4, 0.5) is 11.4 Å². The molecule has 0 atom stereocenters. The number of carbonyl (C=O) groups excluding carboxylic acids is 1. The van der Waals surface area contributed by atoms with Crippen molar-refractivity contribution in [2.75, 3.05) is 5.73 Å². The Bertz CT molecular complexity index is 536. The monoisotopic (exact) mass is 277 g/mol. The van der Waals surface area contributed by atoms with Crippen LogP contribution in [-0.2, 0) is 0 Å². The maximum absolute atomic E-state index is 12.2. The minimum absolute atomic E-state index is 0.0652. The fourth-order valence-corrected chi connectivity index (χ4v) is 2.65. The number of hydrogen-bond acceptors (Lipinski definition) is 4. The molecule has 1 saturated carbocycles. The maximum atomic E-state index is 12.2. The number of nitrogens with one attached hydrogen (secondary N) is 1. The molecule has 0 spiro atoms. The van der Waals surface area contributed by atoms with Gasteiger partial charge >= 0.3 is 0 Å². The number of nitrogen functional groups attached to an aromatic ring is 1. The third-order valence-corrected chi connectivity index (χ3v) is 3.86. The molecule has 2 rings (SSSR count). The van der Waals surface area contributed by atoms with Crippen LogP contribution in [0.3, 0.4) is 0 Å². The highest BCUT2D eigenvalue weighted by molar-refractivity contribution is 5.96. The number of anilines is 1. The lowest BCUT2D eigenvalue weighted by Crippen LogP contribution is -2.47. The van der Waals surface area contributed by atoms with Gasteiger partial charge in [0.25, 0.3) is 11.6 Å². The van der Waals surface area contributed by atoms with Gasteiger partial charge < -0.3 is 11.1 Å². The molecule has 1 aliphatic carbocycles. The fraction of sp³-hybridized carbons (Fsp3) is 0.500. The van der Waals surface area contributed by atoms with Crippen LogP contribution < -0.4 is 11.1 Å². The van der Waals surface area contributed by atoms with Crippen molar-refractivity contribution >= 4 is 17.3 Å². The first-order valence-corrected chi connectivity index (χ1v) is 6.78. The number of benzene rings is 1. The van der Waals surface area contributed by atoms with Gasteiger partial charge in [0.15, 0.2) is 0 Å². The summed E-state index contributed by atoms with van der Waals surface area (Å²) in [5, 5.41) is 13.8. The predicted octanol–water partition coefficient (Wildman–Crippen LogP) is 2.63. The van der Waals surface area contributed by atoms with Gasteiger partial charge in [-0.1, -0.05) is 19.3 Å². The number of nitro benzene ring substituents is 1. The smallest absolute Gasteiger partial charge is 0.292 e. The van der Waals surface area contributed by atoms with E-state index in [1.807, 2.05) is 6.92 Å². The SMILES string of the molecule is CC1(NC(=O)c2ccc(N)c([N+](=O)[O-])c2)CCCCC1. The van der Waals surface area contributed by atoms with E-state index in [-0.39, 0.29) is 28.4 Å². The Labute approximate surface area is 117 Å². The zero-order chi connectivity index (χ0) is 14.8. The van der Waals surface area contributed by atoms with Crippen molar-refractivity contribution in [2.45, 2.75) is 44.6 Å². The number of amides is 1. The van der Waals surface area contributed by atoms with E-state index in [1.54, 1.807) is 0 Å². The number of carbonyl (C=O) groups is 1. The average Bonchev–Trinajstić information content (AvgIpc) is 2.39. The third kappa shape index (κ3) is 3.07. The Balaban J connectivity index is 2.17. The molecule has 0 aliphatic heterocycles. The first-order chi connectivity index (χ1) is 9.41. The number of hydrogen-bond donors (Lipinski definition) is 2. The van der Waals surface area contributed by atoms with Gasteiger partial charge in [0, 0.05) is 17.2 Å². The van der Waals surface area contributed by atoms with Gasteiger partial charge in [-0.25, -0.2) is 0 Å². The lowest BCUT2D eigenvalue weighted by molar-refractivity contribution is -0.383. The molecule has 1 amide bonds. The molecule has 0 radical (unpaired) electrons. The molecule has 6 nitrogen and oxygen atoms in total. The van der Waals surface area contributed by atoms with E-state index in [0.717, 1.165) is 25.7 Å². The second-order valence-electron chi connectivity index (χ2n) is 5.61. The third-order valence-electron chi connectivity index (χ3n) is 3.86. The van der Waals surface area contributed by atoms with Gasteiger partial charge in [-0.15, -0.1) is 0 Å². The van der Waals surface area contributed by atoms with E-state index in [9.17, 15) is 14.9 Å². The van der Waals surface area contributed by atoms with Gasteiger partial charge in [0.05, 0.1) is 4.92 Å². The Kier molecular flexibility index (Phi) is 3.92. The van der Waals surface area contributed by atoms with E-state index in [2.05, 4.69) is 5.32 Å². The van der Waals surface area contributed by atoms with Crippen molar-refractivity contribution in [3.63, 3.8) is 0 Å². The highest BCUT2D eigenvalue weighted by Crippen LogP contribution is 2.28. The second kappa shape index (κ2) is 5.48. The summed E-state index contributed by atoms with van der Waals surface area (Å²) < 4.78 is 0. The van der Waals surface area contributed by atoms with Crippen molar-refractivity contribution in [1.82, 2.24) is 5.32 Å². The second-order valence-corrected chi connectivity index (χ2v) is 5.61. The highest BCUT2D eigenvalue weighted by atomic mass is 16.6. The lowest BCUT2D eigenvalue weighted by Gasteiger charge is -2.34. The normalized spacial score (nSPS) is 17.4. The Morgan fingerprint density at radius 2 is 2.00 bits per heavy atom. The summed E-state index contributed by atoms with van der Waals surface area (Å²) in [7, 11) is 0. The average molecular weight is 277 g/mol. The molecule has 0 heterocycles. The van der Waals surface area contributed by atoms with Crippen LogP contribution in [0.25, 0.3) is 0 Å². The molecule has 0 aromatic heterocycles.